The molecule has 0 aliphatic rings. The van der Waals surface area contributed by atoms with Gasteiger partial charge in [-0.1, -0.05) is 30.7 Å². The molecule has 0 aromatic heterocycles. The van der Waals surface area contributed by atoms with Gasteiger partial charge in [0.1, 0.15) is 6.04 Å². The Hall–Kier alpha value is -2.26. The number of nitrogens with zero attached hydrogens (tertiary/aromatic N) is 1. The summed E-state index contributed by atoms with van der Waals surface area (Å²) in [6.45, 7) is 1.60. The maximum atomic E-state index is 12.9. The van der Waals surface area contributed by atoms with Crippen LogP contribution in [-0.4, -0.2) is 26.6 Å². The molecule has 0 unspecified atom stereocenters. The lowest BCUT2D eigenvalue weighted by molar-refractivity contribution is -0.137. The largest absolute Gasteiger partial charge is 0.416 e. The van der Waals surface area contributed by atoms with E-state index in [1.165, 1.54) is 24.3 Å². The fourth-order valence-corrected chi connectivity index (χ4v) is 4.06. The highest BCUT2D eigenvalue weighted by molar-refractivity contribution is 7.92. The number of hydrogen-bond acceptors (Lipinski definition) is 3. The molecular weight excluding hydrogens is 417 g/mol. The lowest BCUT2D eigenvalue weighted by Gasteiger charge is -2.30. The Labute approximate surface area is 166 Å². The average molecular weight is 435 g/mol. The fraction of sp³-hybridized carbons (Fsp3) is 0.278. The standard InChI is InChI=1S/C18H18ClF3N2O3S/c1-3-16(24(28(2,26)27)15-9-5-7-13(19)11-15)17(25)23-14-8-4-6-12(10-14)18(20,21)22/h4-11,16H,3H2,1-2H3,(H,23,25)/t16-/m1/s1. The van der Waals surface area contributed by atoms with Gasteiger partial charge >= 0.3 is 6.18 Å². The van der Waals surface area contributed by atoms with E-state index in [0.717, 1.165) is 28.8 Å². The second-order valence-corrected chi connectivity index (χ2v) is 8.33. The van der Waals surface area contributed by atoms with E-state index in [1.54, 1.807) is 13.0 Å². The van der Waals surface area contributed by atoms with Crippen molar-refractivity contribution in [3.8, 4) is 0 Å². The summed E-state index contributed by atoms with van der Waals surface area (Å²) >= 11 is 5.93. The Balaban J connectivity index is 2.37. The molecule has 1 N–H and O–H groups in total. The minimum atomic E-state index is -4.57. The van der Waals surface area contributed by atoms with E-state index in [4.69, 9.17) is 11.6 Å². The maximum Gasteiger partial charge on any atom is 0.416 e. The molecule has 28 heavy (non-hydrogen) atoms. The van der Waals surface area contributed by atoms with Crippen molar-refractivity contribution in [2.75, 3.05) is 15.9 Å². The average Bonchev–Trinajstić information content (AvgIpc) is 2.57. The van der Waals surface area contributed by atoms with E-state index in [1.807, 2.05) is 0 Å². The Bertz CT molecular complexity index is 965. The summed E-state index contributed by atoms with van der Waals surface area (Å²) in [5, 5.41) is 2.64. The molecule has 2 rings (SSSR count). The molecule has 0 radical (unpaired) electrons. The van der Waals surface area contributed by atoms with Gasteiger partial charge in [-0.05, 0) is 42.8 Å². The zero-order valence-corrected chi connectivity index (χ0v) is 16.6. The summed E-state index contributed by atoms with van der Waals surface area (Å²) in [5.41, 5.74) is -0.827. The predicted octanol–water partition coefficient (Wildman–Crippen LogP) is 4.54. The second kappa shape index (κ2) is 8.40. The number of halogens is 4. The highest BCUT2D eigenvalue weighted by Gasteiger charge is 2.33. The molecule has 0 saturated heterocycles. The third kappa shape index (κ3) is 5.39. The van der Waals surface area contributed by atoms with Crippen LogP contribution in [0.4, 0.5) is 24.5 Å². The lowest BCUT2D eigenvalue weighted by atomic mass is 10.1. The first-order valence-corrected chi connectivity index (χ1v) is 10.4. The van der Waals surface area contributed by atoms with Crippen molar-refractivity contribution >= 4 is 38.9 Å². The number of anilines is 2. The van der Waals surface area contributed by atoms with Crippen molar-refractivity contribution in [1.82, 2.24) is 0 Å². The number of hydrogen-bond donors (Lipinski definition) is 1. The highest BCUT2D eigenvalue weighted by Crippen LogP contribution is 2.31. The molecule has 10 heteroatoms. The normalized spacial score (nSPS) is 13.1. The van der Waals surface area contributed by atoms with Crippen molar-refractivity contribution in [2.24, 2.45) is 0 Å². The SMILES string of the molecule is CC[C@H](C(=O)Nc1cccc(C(F)(F)F)c1)N(c1cccc(Cl)c1)S(C)(=O)=O. The first-order valence-electron chi connectivity index (χ1n) is 8.16. The molecule has 0 fully saturated rings. The van der Waals surface area contributed by atoms with Crippen LogP contribution in [0.3, 0.4) is 0 Å². The van der Waals surface area contributed by atoms with Gasteiger partial charge in [0.2, 0.25) is 15.9 Å². The van der Waals surface area contributed by atoms with Crippen LogP contribution in [-0.2, 0) is 21.0 Å². The van der Waals surface area contributed by atoms with Gasteiger partial charge in [-0.25, -0.2) is 8.42 Å². The third-order valence-corrected chi connectivity index (χ3v) is 5.26. The van der Waals surface area contributed by atoms with Gasteiger partial charge in [-0.15, -0.1) is 0 Å². The molecule has 1 amide bonds. The third-order valence-electron chi connectivity index (χ3n) is 3.85. The number of amides is 1. The predicted molar refractivity (Wildman–Crippen MR) is 103 cm³/mol. The van der Waals surface area contributed by atoms with Crippen LogP contribution < -0.4 is 9.62 Å². The number of carbonyl (C=O) groups excluding carboxylic acids is 1. The number of alkyl halides is 3. The monoisotopic (exact) mass is 434 g/mol. The summed E-state index contributed by atoms with van der Waals surface area (Å²) in [4.78, 5) is 12.7. The molecule has 1 atom stereocenters. The summed E-state index contributed by atoms with van der Waals surface area (Å²) in [6.07, 6.45) is -3.54. The minimum Gasteiger partial charge on any atom is -0.324 e. The molecule has 0 heterocycles. The highest BCUT2D eigenvalue weighted by atomic mass is 35.5. The molecule has 0 aliphatic carbocycles. The van der Waals surface area contributed by atoms with Gasteiger partial charge < -0.3 is 5.32 Å². The Morgan fingerprint density at radius 1 is 1.18 bits per heavy atom. The fourth-order valence-electron chi connectivity index (χ4n) is 2.67. The van der Waals surface area contributed by atoms with Crippen LogP contribution in [0.25, 0.3) is 0 Å². The van der Waals surface area contributed by atoms with Crippen molar-refractivity contribution in [2.45, 2.75) is 25.6 Å². The van der Waals surface area contributed by atoms with Crippen LogP contribution in [0.2, 0.25) is 5.02 Å². The first kappa shape index (κ1) is 22.0. The maximum absolute atomic E-state index is 12.9. The van der Waals surface area contributed by atoms with Crippen molar-refractivity contribution in [1.29, 1.82) is 0 Å². The van der Waals surface area contributed by atoms with Crippen molar-refractivity contribution in [3.05, 3.63) is 59.1 Å². The summed E-state index contributed by atoms with van der Waals surface area (Å²) < 4.78 is 64.2. The zero-order chi connectivity index (χ0) is 21.1. The second-order valence-electron chi connectivity index (χ2n) is 6.03. The van der Waals surface area contributed by atoms with Crippen molar-refractivity contribution in [3.63, 3.8) is 0 Å². The zero-order valence-electron chi connectivity index (χ0n) is 15.0. The van der Waals surface area contributed by atoms with Crippen LogP contribution in [0.5, 0.6) is 0 Å². The van der Waals surface area contributed by atoms with E-state index >= 15 is 0 Å². The van der Waals surface area contributed by atoms with Crippen LogP contribution in [0, 0.1) is 0 Å². The van der Waals surface area contributed by atoms with Gasteiger partial charge in [-0.2, -0.15) is 13.2 Å². The van der Waals surface area contributed by atoms with E-state index < -0.39 is 33.7 Å². The molecular formula is C18H18ClF3N2O3S. The van der Waals surface area contributed by atoms with Gasteiger partial charge in [-0.3, -0.25) is 9.10 Å². The lowest BCUT2D eigenvalue weighted by Crippen LogP contribution is -2.47. The molecule has 0 bridgehead atoms. The number of sulfonamides is 1. The minimum absolute atomic E-state index is 0.0854. The topological polar surface area (TPSA) is 66.5 Å². The van der Waals surface area contributed by atoms with Gasteiger partial charge in [0.15, 0.2) is 0 Å². The van der Waals surface area contributed by atoms with E-state index in [0.29, 0.717) is 0 Å². The molecule has 152 valence electrons. The summed E-state index contributed by atoms with van der Waals surface area (Å²) in [6, 6.07) is 8.90. The summed E-state index contributed by atoms with van der Waals surface area (Å²) in [5.74, 6) is -0.757. The van der Waals surface area contributed by atoms with Gasteiger partial charge in [0.05, 0.1) is 17.5 Å². The van der Waals surface area contributed by atoms with E-state index in [9.17, 15) is 26.4 Å². The quantitative estimate of drug-likeness (QED) is 0.725. The van der Waals surface area contributed by atoms with E-state index in [-0.39, 0.29) is 22.8 Å². The first-order chi connectivity index (χ1) is 12.9. The smallest absolute Gasteiger partial charge is 0.324 e. The van der Waals surface area contributed by atoms with Crippen LogP contribution in [0.1, 0.15) is 18.9 Å². The Morgan fingerprint density at radius 3 is 2.36 bits per heavy atom. The molecule has 5 nitrogen and oxygen atoms in total. The number of benzene rings is 2. The number of carbonyl (C=O) groups is 1. The number of nitrogens with one attached hydrogen (secondary N) is 1. The number of rotatable bonds is 6. The molecule has 2 aromatic rings. The molecule has 0 saturated carbocycles. The van der Waals surface area contributed by atoms with Crippen LogP contribution in [0.15, 0.2) is 48.5 Å². The molecule has 0 spiro atoms. The molecule has 2 aromatic carbocycles. The Kier molecular flexibility index (Phi) is 6.61. The van der Waals surface area contributed by atoms with Gasteiger partial charge in [0, 0.05) is 10.7 Å². The van der Waals surface area contributed by atoms with Crippen LogP contribution >= 0.6 is 11.6 Å². The molecule has 0 aliphatic heterocycles. The Morgan fingerprint density at radius 2 is 1.82 bits per heavy atom. The van der Waals surface area contributed by atoms with Crippen molar-refractivity contribution < 1.29 is 26.4 Å². The van der Waals surface area contributed by atoms with Gasteiger partial charge in [0.25, 0.3) is 0 Å². The van der Waals surface area contributed by atoms with E-state index in [2.05, 4.69) is 5.32 Å². The summed E-state index contributed by atoms with van der Waals surface area (Å²) in [7, 11) is -3.88.